The zero-order valence-electron chi connectivity index (χ0n) is 14.8. The van der Waals surface area contributed by atoms with Crippen molar-refractivity contribution in [3.8, 4) is 0 Å². The molecule has 0 N–H and O–H groups in total. The van der Waals surface area contributed by atoms with Crippen LogP contribution >= 0.6 is 11.6 Å². The Labute approximate surface area is 162 Å². The van der Waals surface area contributed by atoms with Gasteiger partial charge in [0.05, 0.1) is 17.7 Å². The Morgan fingerprint density at radius 1 is 1.04 bits per heavy atom. The number of carbonyl (C=O) groups excluding carboxylic acids is 2. The van der Waals surface area contributed by atoms with Gasteiger partial charge < -0.3 is 9.47 Å². The SMILES string of the molecule is O=C1c2ccccc2C(=O)N1C[C@H](OC1CCCCO1)c1ccc(Cl)cc1. The summed E-state index contributed by atoms with van der Waals surface area (Å²) in [6.45, 7) is 0.791. The molecule has 1 saturated heterocycles. The molecule has 140 valence electrons. The van der Waals surface area contributed by atoms with E-state index >= 15 is 0 Å². The smallest absolute Gasteiger partial charge is 0.261 e. The number of ether oxygens (including phenoxy) is 2. The molecule has 2 aliphatic rings. The molecule has 2 aliphatic heterocycles. The van der Waals surface area contributed by atoms with E-state index in [0.29, 0.717) is 22.8 Å². The number of rotatable bonds is 5. The third kappa shape index (κ3) is 3.76. The van der Waals surface area contributed by atoms with Gasteiger partial charge in [-0.1, -0.05) is 35.9 Å². The van der Waals surface area contributed by atoms with Crippen LogP contribution in [0.3, 0.4) is 0 Å². The second kappa shape index (κ2) is 7.80. The van der Waals surface area contributed by atoms with Crippen LogP contribution < -0.4 is 0 Å². The van der Waals surface area contributed by atoms with E-state index in [1.165, 1.54) is 4.90 Å². The normalized spacial score (nSPS) is 20.6. The van der Waals surface area contributed by atoms with Crippen molar-refractivity contribution in [2.45, 2.75) is 31.7 Å². The van der Waals surface area contributed by atoms with Crippen molar-refractivity contribution < 1.29 is 19.1 Å². The van der Waals surface area contributed by atoms with E-state index in [9.17, 15) is 9.59 Å². The van der Waals surface area contributed by atoms with Gasteiger partial charge in [-0.15, -0.1) is 0 Å². The predicted octanol–water partition coefficient (Wildman–Crippen LogP) is 4.22. The topological polar surface area (TPSA) is 55.8 Å². The zero-order valence-corrected chi connectivity index (χ0v) is 15.5. The van der Waals surface area contributed by atoms with Gasteiger partial charge in [0.2, 0.25) is 0 Å². The van der Waals surface area contributed by atoms with Crippen LogP contribution in [0, 0.1) is 0 Å². The molecule has 2 amide bonds. The summed E-state index contributed by atoms with van der Waals surface area (Å²) in [5, 5.41) is 0.618. The van der Waals surface area contributed by atoms with Crippen LogP contribution in [0.25, 0.3) is 0 Å². The van der Waals surface area contributed by atoms with Crippen molar-refractivity contribution in [2.24, 2.45) is 0 Å². The molecule has 5 nitrogen and oxygen atoms in total. The highest BCUT2D eigenvalue weighted by molar-refractivity contribution is 6.30. The molecule has 0 aromatic heterocycles. The molecular formula is C21H20ClNO4. The first-order valence-corrected chi connectivity index (χ1v) is 9.49. The summed E-state index contributed by atoms with van der Waals surface area (Å²) >= 11 is 6.00. The molecule has 0 spiro atoms. The van der Waals surface area contributed by atoms with Gasteiger partial charge in [0.25, 0.3) is 11.8 Å². The number of imide groups is 1. The van der Waals surface area contributed by atoms with E-state index in [1.54, 1.807) is 36.4 Å². The first-order valence-electron chi connectivity index (χ1n) is 9.11. The highest BCUT2D eigenvalue weighted by Gasteiger charge is 2.37. The molecule has 2 aromatic rings. The lowest BCUT2D eigenvalue weighted by Crippen LogP contribution is -2.36. The van der Waals surface area contributed by atoms with E-state index in [-0.39, 0.29) is 24.6 Å². The second-order valence-electron chi connectivity index (χ2n) is 6.74. The average molecular weight is 386 g/mol. The highest BCUT2D eigenvalue weighted by Crippen LogP contribution is 2.30. The van der Waals surface area contributed by atoms with Gasteiger partial charge in [-0.2, -0.15) is 0 Å². The lowest BCUT2D eigenvalue weighted by Gasteiger charge is -2.30. The maximum Gasteiger partial charge on any atom is 0.261 e. The number of nitrogens with zero attached hydrogens (tertiary/aromatic N) is 1. The van der Waals surface area contributed by atoms with Crippen LogP contribution in [0.1, 0.15) is 51.6 Å². The third-order valence-electron chi connectivity index (χ3n) is 4.92. The molecule has 0 saturated carbocycles. The molecule has 6 heteroatoms. The fourth-order valence-electron chi connectivity index (χ4n) is 3.48. The second-order valence-corrected chi connectivity index (χ2v) is 7.18. The molecule has 0 bridgehead atoms. The molecule has 1 fully saturated rings. The monoisotopic (exact) mass is 385 g/mol. The van der Waals surface area contributed by atoms with E-state index in [1.807, 2.05) is 12.1 Å². The number of benzene rings is 2. The van der Waals surface area contributed by atoms with Gasteiger partial charge in [-0.25, -0.2) is 0 Å². The Kier molecular flexibility index (Phi) is 5.25. The zero-order chi connectivity index (χ0) is 18.8. The van der Waals surface area contributed by atoms with Crippen LogP contribution in [0.5, 0.6) is 0 Å². The third-order valence-corrected chi connectivity index (χ3v) is 5.17. The van der Waals surface area contributed by atoms with Gasteiger partial charge in [0.1, 0.15) is 6.10 Å². The molecule has 0 radical (unpaired) electrons. The quantitative estimate of drug-likeness (QED) is 0.723. The Balaban J connectivity index is 1.58. The fourth-order valence-corrected chi connectivity index (χ4v) is 3.60. The fraction of sp³-hybridized carbons (Fsp3) is 0.333. The minimum atomic E-state index is -0.479. The largest absolute Gasteiger partial charge is 0.353 e. The first-order chi connectivity index (χ1) is 13.1. The minimum absolute atomic E-state index is 0.133. The Hall–Kier alpha value is -2.21. The molecular weight excluding hydrogens is 366 g/mol. The molecule has 4 rings (SSSR count). The number of carbonyl (C=O) groups is 2. The summed E-state index contributed by atoms with van der Waals surface area (Å²) in [6, 6.07) is 14.1. The van der Waals surface area contributed by atoms with Gasteiger partial charge >= 0.3 is 0 Å². The summed E-state index contributed by atoms with van der Waals surface area (Å²) in [5.74, 6) is -0.578. The van der Waals surface area contributed by atoms with Crippen LogP contribution in [-0.2, 0) is 9.47 Å². The Morgan fingerprint density at radius 2 is 1.70 bits per heavy atom. The molecule has 0 aliphatic carbocycles. The van der Waals surface area contributed by atoms with Crippen molar-refractivity contribution in [1.82, 2.24) is 4.90 Å². The first kappa shape index (κ1) is 18.2. The summed E-state index contributed by atoms with van der Waals surface area (Å²) in [6.07, 6.45) is 2.03. The predicted molar refractivity (Wildman–Crippen MR) is 101 cm³/mol. The van der Waals surface area contributed by atoms with Gasteiger partial charge in [-0.3, -0.25) is 14.5 Å². The van der Waals surface area contributed by atoms with Crippen LogP contribution in [0.2, 0.25) is 5.02 Å². The van der Waals surface area contributed by atoms with Crippen LogP contribution in [0.4, 0.5) is 0 Å². The molecule has 27 heavy (non-hydrogen) atoms. The van der Waals surface area contributed by atoms with E-state index in [4.69, 9.17) is 21.1 Å². The number of hydrogen-bond acceptors (Lipinski definition) is 4. The lowest BCUT2D eigenvalue weighted by atomic mass is 10.1. The van der Waals surface area contributed by atoms with Crippen molar-refractivity contribution in [2.75, 3.05) is 13.2 Å². The lowest BCUT2D eigenvalue weighted by molar-refractivity contribution is -0.191. The van der Waals surface area contributed by atoms with Crippen molar-refractivity contribution >= 4 is 23.4 Å². The standard InChI is InChI=1S/C21H20ClNO4/c22-15-10-8-14(9-11-15)18(27-19-7-3-4-12-26-19)13-23-20(24)16-5-1-2-6-17(16)21(23)25/h1-2,5-6,8-11,18-19H,3-4,7,12-13H2/t18-,19?/m0/s1. The maximum absolute atomic E-state index is 12.7. The van der Waals surface area contributed by atoms with Crippen LogP contribution in [-0.4, -0.2) is 36.2 Å². The Bertz CT molecular complexity index is 811. The maximum atomic E-state index is 12.7. The number of hydrogen-bond donors (Lipinski definition) is 0. The molecule has 2 aromatic carbocycles. The number of halogens is 1. The average Bonchev–Trinajstić information content (AvgIpc) is 2.94. The number of amides is 2. The van der Waals surface area contributed by atoms with Gasteiger partial charge in [0.15, 0.2) is 6.29 Å². The van der Waals surface area contributed by atoms with Crippen molar-refractivity contribution in [3.63, 3.8) is 0 Å². The molecule has 1 unspecified atom stereocenters. The highest BCUT2D eigenvalue weighted by atomic mass is 35.5. The van der Waals surface area contributed by atoms with Crippen LogP contribution in [0.15, 0.2) is 48.5 Å². The minimum Gasteiger partial charge on any atom is -0.353 e. The van der Waals surface area contributed by atoms with E-state index in [2.05, 4.69) is 0 Å². The van der Waals surface area contributed by atoms with E-state index < -0.39 is 6.10 Å². The molecule has 2 heterocycles. The summed E-state index contributed by atoms with van der Waals surface area (Å²) in [5.41, 5.74) is 1.72. The Morgan fingerprint density at radius 3 is 2.30 bits per heavy atom. The summed E-state index contributed by atoms with van der Waals surface area (Å²) < 4.78 is 11.9. The van der Waals surface area contributed by atoms with Crippen molar-refractivity contribution in [1.29, 1.82) is 0 Å². The van der Waals surface area contributed by atoms with Crippen molar-refractivity contribution in [3.05, 3.63) is 70.2 Å². The summed E-state index contributed by atoms with van der Waals surface area (Å²) in [7, 11) is 0. The van der Waals surface area contributed by atoms with Gasteiger partial charge in [-0.05, 0) is 49.1 Å². The van der Waals surface area contributed by atoms with Gasteiger partial charge in [0, 0.05) is 11.6 Å². The summed E-state index contributed by atoms with van der Waals surface area (Å²) in [4.78, 5) is 26.7. The molecule has 2 atom stereocenters. The number of fused-ring (bicyclic) bond motifs is 1. The van der Waals surface area contributed by atoms with E-state index in [0.717, 1.165) is 24.8 Å².